The number of nitrogens with zero attached hydrogens (tertiary/aromatic N) is 3. The number of anilines is 3. The van der Waals surface area contributed by atoms with E-state index in [-0.39, 0.29) is 0 Å². The molecule has 0 aliphatic rings. The summed E-state index contributed by atoms with van der Waals surface area (Å²) in [5, 5.41) is 6.34. The summed E-state index contributed by atoms with van der Waals surface area (Å²) in [4.78, 5) is 8.82. The van der Waals surface area contributed by atoms with E-state index in [1.807, 2.05) is 48.1 Å². The minimum absolute atomic E-state index is 0.734. The first-order valence-electron chi connectivity index (χ1n) is 5.80. The molecule has 0 unspecified atom stereocenters. The molecule has 0 saturated heterocycles. The van der Waals surface area contributed by atoms with E-state index in [0.29, 0.717) is 0 Å². The van der Waals surface area contributed by atoms with E-state index >= 15 is 0 Å². The third-order valence-corrected chi connectivity index (χ3v) is 3.46. The fourth-order valence-electron chi connectivity index (χ4n) is 1.81. The Morgan fingerprint density at radius 1 is 1.21 bits per heavy atom. The molecule has 0 atom stereocenters. The summed E-state index contributed by atoms with van der Waals surface area (Å²) in [7, 11) is 1.85. The van der Waals surface area contributed by atoms with Crippen LogP contribution in [0.25, 0.3) is 5.65 Å². The Kier molecular flexibility index (Phi) is 3.24. The maximum absolute atomic E-state index is 4.50. The lowest BCUT2D eigenvalue weighted by Gasteiger charge is -2.09. The molecular weight excluding hydrogens is 353 g/mol. The predicted octanol–water partition coefficient (Wildman–Crippen LogP) is 3.12. The van der Waals surface area contributed by atoms with E-state index in [1.54, 1.807) is 6.20 Å². The lowest BCUT2D eigenvalue weighted by Crippen LogP contribution is -2.02. The van der Waals surface area contributed by atoms with Crippen LogP contribution in [0.1, 0.15) is 0 Å². The number of hydrogen-bond acceptors (Lipinski definition) is 4. The summed E-state index contributed by atoms with van der Waals surface area (Å²) in [5.74, 6) is 1.52. The average Bonchev–Trinajstić information content (AvgIpc) is 2.89. The van der Waals surface area contributed by atoms with E-state index in [4.69, 9.17) is 0 Å². The van der Waals surface area contributed by atoms with Crippen molar-refractivity contribution in [2.75, 3.05) is 17.7 Å². The fourth-order valence-corrected chi connectivity index (χ4v) is 2.17. The Hall–Kier alpha value is -1.83. The van der Waals surface area contributed by atoms with Crippen LogP contribution < -0.4 is 10.6 Å². The van der Waals surface area contributed by atoms with Crippen molar-refractivity contribution in [3.63, 3.8) is 0 Å². The topological polar surface area (TPSA) is 54.2 Å². The number of nitrogens with one attached hydrogen (secondary N) is 2. The standard InChI is InChI=1S/C13H12IN5/c1-15-11-8-19-7-6-16-13(19)12(18-11)17-10-4-2-9(14)3-5-10/h2-8,15H,1H3,(H,17,18). The molecule has 2 aromatic heterocycles. The molecule has 96 valence electrons. The van der Waals surface area contributed by atoms with Gasteiger partial charge in [0.05, 0.1) is 6.20 Å². The first kappa shape index (κ1) is 12.2. The number of hydrogen-bond donors (Lipinski definition) is 2. The van der Waals surface area contributed by atoms with Gasteiger partial charge in [-0.1, -0.05) is 0 Å². The molecule has 0 saturated carbocycles. The maximum Gasteiger partial charge on any atom is 0.180 e. The van der Waals surface area contributed by atoms with E-state index in [9.17, 15) is 0 Å². The monoisotopic (exact) mass is 365 g/mol. The van der Waals surface area contributed by atoms with Gasteiger partial charge < -0.3 is 15.0 Å². The van der Waals surface area contributed by atoms with Gasteiger partial charge in [-0.15, -0.1) is 0 Å². The molecular formula is C13H12IN5. The lowest BCUT2D eigenvalue weighted by atomic mass is 10.3. The second-order valence-electron chi connectivity index (χ2n) is 4.01. The van der Waals surface area contributed by atoms with Gasteiger partial charge in [0.15, 0.2) is 11.5 Å². The van der Waals surface area contributed by atoms with Crippen molar-refractivity contribution < 1.29 is 0 Å². The van der Waals surface area contributed by atoms with Crippen molar-refractivity contribution >= 4 is 45.6 Å². The molecule has 6 heteroatoms. The number of fused-ring (bicyclic) bond motifs is 1. The third kappa shape index (κ3) is 2.48. The number of halogens is 1. The summed E-state index contributed by atoms with van der Waals surface area (Å²) in [6, 6.07) is 8.14. The fraction of sp³-hybridized carbons (Fsp3) is 0.0769. The molecule has 19 heavy (non-hydrogen) atoms. The highest BCUT2D eigenvalue weighted by Crippen LogP contribution is 2.21. The van der Waals surface area contributed by atoms with E-state index in [1.165, 1.54) is 3.57 Å². The molecule has 0 radical (unpaired) electrons. The van der Waals surface area contributed by atoms with Crippen molar-refractivity contribution in [1.82, 2.24) is 14.4 Å². The lowest BCUT2D eigenvalue weighted by molar-refractivity contribution is 1.12. The van der Waals surface area contributed by atoms with E-state index in [2.05, 4.69) is 43.2 Å². The molecule has 1 aromatic carbocycles. The highest BCUT2D eigenvalue weighted by atomic mass is 127. The van der Waals surface area contributed by atoms with Crippen molar-refractivity contribution in [2.24, 2.45) is 0 Å². The summed E-state index contributed by atoms with van der Waals surface area (Å²) < 4.78 is 3.14. The number of imidazole rings is 1. The second-order valence-corrected chi connectivity index (χ2v) is 5.26. The Bertz CT molecular complexity index is 705. The average molecular weight is 365 g/mol. The summed E-state index contributed by atoms with van der Waals surface area (Å²) in [6.07, 6.45) is 5.56. The normalized spacial score (nSPS) is 10.6. The summed E-state index contributed by atoms with van der Waals surface area (Å²) >= 11 is 2.28. The molecule has 0 fully saturated rings. The maximum atomic E-state index is 4.50. The molecule has 3 rings (SSSR count). The first-order chi connectivity index (χ1) is 9.26. The zero-order valence-electron chi connectivity index (χ0n) is 10.3. The molecule has 0 amide bonds. The number of benzene rings is 1. The Morgan fingerprint density at radius 2 is 2.00 bits per heavy atom. The minimum Gasteiger partial charge on any atom is -0.372 e. The van der Waals surface area contributed by atoms with Gasteiger partial charge in [0.1, 0.15) is 5.82 Å². The Labute approximate surface area is 124 Å². The van der Waals surface area contributed by atoms with Crippen molar-refractivity contribution in [2.45, 2.75) is 0 Å². The molecule has 2 heterocycles. The van der Waals surface area contributed by atoms with Gasteiger partial charge in [0.25, 0.3) is 0 Å². The molecule has 2 N–H and O–H groups in total. The SMILES string of the molecule is CNc1cn2ccnc2c(Nc2ccc(I)cc2)n1. The highest BCUT2D eigenvalue weighted by Gasteiger charge is 2.07. The molecule has 5 nitrogen and oxygen atoms in total. The van der Waals surface area contributed by atoms with Crippen LogP contribution in [0.4, 0.5) is 17.3 Å². The van der Waals surface area contributed by atoms with Crippen LogP contribution >= 0.6 is 22.6 Å². The van der Waals surface area contributed by atoms with Gasteiger partial charge in [-0.05, 0) is 46.9 Å². The molecule has 0 bridgehead atoms. The second kappa shape index (κ2) is 5.04. The van der Waals surface area contributed by atoms with Crippen LogP contribution in [0.5, 0.6) is 0 Å². The quantitative estimate of drug-likeness (QED) is 0.701. The summed E-state index contributed by atoms with van der Waals surface area (Å²) in [5.41, 5.74) is 1.80. The molecule has 0 spiro atoms. The zero-order chi connectivity index (χ0) is 13.2. The Balaban J connectivity index is 2.03. The van der Waals surface area contributed by atoms with Gasteiger partial charge in [-0.2, -0.15) is 0 Å². The molecule has 0 aliphatic heterocycles. The van der Waals surface area contributed by atoms with Crippen molar-refractivity contribution in [1.29, 1.82) is 0 Å². The predicted molar refractivity (Wildman–Crippen MR) is 85.0 cm³/mol. The van der Waals surface area contributed by atoms with Gasteiger partial charge in [0, 0.05) is 28.7 Å². The smallest absolute Gasteiger partial charge is 0.180 e. The first-order valence-corrected chi connectivity index (χ1v) is 6.88. The van der Waals surface area contributed by atoms with Crippen molar-refractivity contribution in [3.8, 4) is 0 Å². The van der Waals surface area contributed by atoms with Gasteiger partial charge in [0.2, 0.25) is 0 Å². The number of aromatic nitrogens is 3. The van der Waals surface area contributed by atoms with Crippen molar-refractivity contribution in [3.05, 3.63) is 46.4 Å². The van der Waals surface area contributed by atoms with Gasteiger partial charge in [-0.25, -0.2) is 9.97 Å². The van der Waals surface area contributed by atoms with Crippen LogP contribution in [0.15, 0.2) is 42.9 Å². The summed E-state index contributed by atoms with van der Waals surface area (Å²) in [6.45, 7) is 0. The molecule has 3 aromatic rings. The molecule has 0 aliphatic carbocycles. The van der Waals surface area contributed by atoms with Crippen LogP contribution in [0.2, 0.25) is 0 Å². The van der Waals surface area contributed by atoms with E-state index in [0.717, 1.165) is 23.0 Å². The number of rotatable bonds is 3. The van der Waals surface area contributed by atoms with Gasteiger partial charge in [-0.3, -0.25) is 0 Å². The van der Waals surface area contributed by atoms with Crippen LogP contribution in [0.3, 0.4) is 0 Å². The minimum atomic E-state index is 0.734. The zero-order valence-corrected chi connectivity index (χ0v) is 12.4. The Morgan fingerprint density at radius 3 is 2.74 bits per heavy atom. The van der Waals surface area contributed by atoms with Crippen LogP contribution in [-0.4, -0.2) is 21.4 Å². The largest absolute Gasteiger partial charge is 0.372 e. The van der Waals surface area contributed by atoms with Crippen LogP contribution in [-0.2, 0) is 0 Å². The highest BCUT2D eigenvalue weighted by molar-refractivity contribution is 14.1. The third-order valence-electron chi connectivity index (χ3n) is 2.74. The van der Waals surface area contributed by atoms with E-state index < -0.39 is 0 Å². The van der Waals surface area contributed by atoms with Crippen LogP contribution in [0, 0.1) is 3.57 Å². The van der Waals surface area contributed by atoms with Gasteiger partial charge >= 0.3 is 0 Å².